The second-order valence-corrected chi connectivity index (χ2v) is 10.4. The van der Waals surface area contributed by atoms with Crippen molar-refractivity contribution in [3.05, 3.63) is 52.0 Å². The van der Waals surface area contributed by atoms with E-state index in [1.165, 1.54) is 5.56 Å². The van der Waals surface area contributed by atoms with Crippen LogP contribution in [0.25, 0.3) is 0 Å². The summed E-state index contributed by atoms with van der Waals surface area (Å²) in [4.78, 5) is 16.9. The zero-order valence-electron chi connectivity index (χ0n) is 19.5. The summed E-state index contributed by atoms with van der Waals surface area (Å²) in [5.41, 5.74) is 3.07. The summed E-state index contributed by atoms with van der Waals surface area (Å²) in [6, 6.07) is 11.9. The molecular formula is C26H33Cl2N3O2. The largest absolute Gasteiger partial charge is 0.494 e. The molecule has 1 amide bonds. The maximum atomic E-state index is 12.1. The first-order chi connectivity index (χ1) is 15.8. The number of halogens is 2. The van der Waals surface area contributed by atoms with Gasteiger partial charge in [0.15, 0.2) is 0 Å². The molecule has 1 fully saturated rings. The Morgan fingerprint density at radius 1 is 1.06 bits per heavy atom. The Labute approximate surface area is 207 Å². The molecule has 0 unspecified atom stereocenters. The molecule has 0 spiro atoms. The summed E-state index contributed by atoms with van der Waals surface area (Å²) in [7, 11) is 0. The predicted molar refractivity (Wildman–Crippen MR) is 137 cm³/mol. The van der Waals surface area contributed by atoms with E-state index in [4.69, 9.17) is 27.9 Å². The van der Waals surface area contributed by atoms with Gasteiger partial charge in [-0.1, -0.05) is 49.2 Å². The van der Waals surface area contributed by atoms with Crippen LogP contribution >= 0.6 is 23.2 Å². The highest BCUT2D eigenvalue weighted by Crippen LogP contribution is 2.38. The van der Waals surface area contributed by atoms with Crippen LogP contribution in [-0.2, 0) is 10.2 Å². The Kier molecular flexibility index (Phi) is 7.72. The first-order valence-corrected chi connectivity index (χ1v) is 12.6. The van der Waals surface area contributed by atoms with Gasteiger partial charge in [-0.2, -0.15) is 0 Å². The summed E-state index contributed by atoms with van der Waals surface area (Å²) in [6.07, 6.45) is 3.49. The molecule has 0 bridgehead atoms. The van der Waals surface area contributed by atoms with E-state index in [1.54, 1.807) is 0 Å². The highest BCUT2D eigenvalue weighted by molar-refractivity contribution is 6.43. The first-order valence-electron chi connectivity index (χ1n) is 11.8. The lowest BCUT2D eigenvalue weighted by Crippen LogP contribution is -2.46. The van der Waals surface area contributed by atoms with Gasteiger partial charge in [0.2, 0.25) is 5.91 Å². The number of ether oxygens (including phenoxy) is 1. The summed E-state index contributed by atoms with van der Waals surface area (Å²) in [6.45, 7) is 10.1. The van der Waals surface area contributed by atoms with Gasteiger partial charge in [-0.05, 0) is 55.0 Å². The van der Waals surface area contributed by atoms with E-state index in [0.29, 0.717) is 23.1 Å². The number of hydrogen-bond acceptors (Lipinski definition) is 4. The average Bonchev–Trinajstić information content (AvgIpc) is 2.91. The third-order valence-electron chi connectivity index (χ3n) is 6.75. The molecule has 0 radical (unpaired) electrons. The molecule has 0 aromatic heterocycles. The molecule has 0 saturated carbocycles. The van der Waals surface area contributed by atoms with Crippen LogP contribution in [0.15, 0.2) is 36.4 Å². The Balaban J connectivity index is 1.19. The van der Waals surface area contributed by atoms with Crippen molar-refractivity contribution >= 4 is 40.5 Å². The zero-order valence-corrected chi connectivity index (χ0v) is 21.0. The third kappa shape index (κ3) is 5.95. The maximum absolute atomic E-state index is 12.1. The van der Waals surface area contributed by atoms with E-state index in [9.17, 15) is 4.79 Å². The maximum Gasteiger partial charge on any atom is 0.224 e. The molecule has 0 atom stereocenters. The van der Waals surface area contributed by atoms with Gasteiger partial charge in [-0.15, -0.1) is 0 Å². The normalized spacial score (nSPS) is 18.4. The van der Waals surface area contributed by atoms with Crippen molar-refractivity contribution in [1.82, 2.24) is 4.90 Å². The van der Waals surface area contributed by atoms with Gasteiger partial charge in [-0.25, -0.2) is 0 Å². The quantitative estimate of drug-likeness (QED) is 0.485. The van der Waals surface area contributed by atoms with Crippen molar-refractivity contribution < 1.29 is 9.53 Å². The number of fused-ring (bicyclic) bond motifs is 1. The summed E-state index contributed by atoms with van der Waals surface area (Å²) in [5.74, 6) is 0.899. The van der Waals surface area contributed by atoms with Crippen LogP contribution in [0, 0.1) is 0 Å². The number of rotatable bonds is 7. The van der Waals surface area contributed by atoms with Crippen molar-refractivity contribution in [2.24, 2.45) is 0 Å². The number of carbonyl (C=O) groups is 1. The van der Waals surface area contributed by atoms with E-state index in [-0.39, 0.29) is 11.3 Å². The molecule has 0 aliphatic carbocycles. The Morgan fingerprint density at radius 2 is 1.85 bits per heavy atom. The minimum Gasteiger partial charge on any atom is -0.494 e. The average molecular weight is 490 g/mol. The summed E-state index contributed by atoms with van der Waals surface area (Å²) >= 11 is 12.5. The number of carbonyl (C=O) groups excluding carboxylic acids is 1. The number of amides is 1. The van der Waals surface area contributed by atoms with Crippen LogP contribution in [0.2, 0.25) is 10.0 Å². The second kappa shape index (κ2) is 10.5. The lowest BCUT2D eigenvalue weighted by Gasteiger charge is -2.36. The van der Waals surface area contributed by atoms with Crippen LogP contribution in [-0.4, -0.2) is 50.1 Å². The van der Waals surface area contributed by atoms with Gasteiger partial charge < -0.3 is 15.0 Å². The minimum absolute atomic E-state index is 0.0187. The van der Waals surface area contributed by atoms with Crippen LogP contribution in [0.5, 0.6) is 5.75 Å². The predicted octanol–water partition coefficient (Wildman–Crippen LogP) is 5.98. The van der Waals surface area contributed by atoms with E-state index in [2.05, 4.69) is 35.0 Å². The molecule has 5 nitrogen and oxygen atoms in total. The van der Waals surface area contributed by atoms with E-state index >= 15 is 0 Å². The zero-order chi connectivity index (χ0) is 23.4. The van der Waals surface area contributed by atoms with Gasteiger partial charge in [0.25, 0.3) is 0 Å². The van der Waals surface area contributed by atoms with Gasteiger partial charge in [0.1, 0.15) is 5.75 Å². The SMILES string of the molecule is CC1(C)CCC(=O)Nc2cc(OCCCCN3CCN(c4cccc(Cl)c4Cl)CC3)ccc21. The fourth-order valence-electron chi connectivity index (χ4n) is 4.66. The number of piperazine rings is 1. The third-order valence-corrected chi connectivity index (χ3v) is 7.56. The lowest BCUT2D eigenvalue weighted by molar-refractivity contribution is -0.116. The highest BCUT2D eigenvalue weighted by Gasteiger charge is 2.28. The molecule has 2 aliphatic rings. The standard InChI is InChI=1S/C26H33Cl2N3O2/c1-26(2)11-10-24(32)29-22-18-19(8-9-20(22)26)33-17-4-3-12-30-13-15-31(16-14-30)23-7-5-6-21(27)25(23)28/h5-9,18H,3-4,10-17H2,1-2H3,(H,29,32). The molecule has 4 rings (SSSR count). The lowest BCUT2D eigenvalue weighted by atomic mass is 9.80. The number of hydrogen-bond donors (Lipinski definition) is 1. The van der Waals surface area contributed by atoms with Crippen LogP contribution in [0.3, 0.4) is 0 Å². The molecule has 7 heteroatoms. The minimum atomic E-state index is -0.0187. The topological polar surface area (TPSA) is 44.8 Å². The van der Waals surface area contributed by atoms with Gasteiger partial charge >= 0.3 is 0 Å². The molecule has 2 aromatic rings. The molecule has 2 heterocycles. The summed E-state index contributed by atoms with van der Waals surface area (Å²) in [5, 5.41) is 4.29. The van der Waals surface area contributed by atoms with E-state index < -0.39 is 0 Å². The fourth-order valence-corrected chi connectivity index (χ4v) is 5.07. The Bertz CT molecular complexity index is 987. The number of benzene rings is 2. The van der Waals surface area contributed by atoms with E-state index in [1.807, 2.05) is 30.3 Å². The van der Waals surface area contributed by atoms with E-state index in [0.717, 1.165) is 69.1 Å². The number of unbranched alkanes of at least 4 members (excludes halogenated alkanes) is 1. The number of nitrogens with zero attached hydrogens (tertiary/aromatic N) is 2. The number of nitrogens with one attached hydrogen (secondary N) is 1. The Morgan fingerprint density at radius 3 is 2.64 bits per heavy atom. The molecule has 2 aromatic carbocycles. The molecule has 1 saturated heterocycles. The molecule has 178 valence electrons. The van der Waals surface area contributed by atoms with Crippen molar-refractivity contribution in [2.45, 2.75) is 44.9 Å². The summed E-state index contributed by atoms with van der Waals surface area (Å²) < 4.78 is 6.00. The van der Waals surface area contributed by atoms with Crippen molar-refractivity contribution in [1.29, 1.82) is 0 Å². The molecular weight excluding hydrogens is 457 g/mol. The van der Waals surface area contributed by atoms with Gasteiger partial charge in [0, 0.05) is 44.4 Å². The van der Waals surface area contributed by atoms with Crippen LogP contribution < -0.4 is 15.0 Å². The number of anilines is 2. The van der Waals surface area contributed by atoms with Crippen LogP contribution in [0.4, 0.5) is 11.4 Å². The monoisotopic (exact) mass is 489 g/mol. The first kappa shape index (κ1) is 24.2. The highest BCUT2D eigenvalue weighted by atomic mass is 35.5. The van der Waals surface area contributed by atoms with Crippen LogP contribution in [0.1, 0.15) is 45.1 Å². The molecule has 2 aliphatic heterocycles. The fraction of sp³-hybridized carbons (Fsp3) is 0.500. The van der Waals surface area contributed by atoms with Crippen molar-refractivity contribution in [3.63, 3.8) is 0 Å². The van der Waals surface area contributed by atoms with Gasteiger partial charge in [-0.3, -0.25) is 9.69 Å². The molecule has 33 heavy (non-hydrogen) atoms. The Hall–Kier alpha value is -1.95. The second-order valence-electron chi connectivity index (χ2n) is 9.60. The molecule has 1 N–H and O–H groups in total. The van der Waals surface area contributed by atoms with Crippen molar-refractivity contribution in [2.75, 3.05) is 49.5 Å². The van der Waals surface area contributed by atoms with Gasteiger partial charge in [0.05, 0.1) is 22.3 Å². The smallest absolute Gasteiger partial charge is 0.224 e. The van der Waals surface area contributed by atoms with Crippen molar-refractivity contribution in [3.8, 4) is 5.75 Å².